The maximum absolute atomic E-state index is 9.83. The van der Waals surface area contributed by atoms with E-state index in [4.69, 9.17) is 4.98 Å². The number of rotatable bonds is 8. The molecule has 0 radical (unpaired) electrons. The molecule has 0 bridgehead atoms. The molecule has 0 aliphatic heterocycles. The third-order valence-electron chi connectivity index (χ3n) is 5.16. The van der Waals surface area contributed by atoms with Gasteiger partial charge in [0.1, 0.15) is 11.9 Å². The summed E-state index contributed by atoms with van der Waals surface area (Å²) in [6, 6.07) is 10.6. The van der Waals surface area contributed by atoms with Crippen LogP contribution in [0.5, 0.6) is 0 Å². The number of hydrogen-bond acceptors (Lipinski definition) is 3. The summed E-state index contributed by atoms with van der Waals surface area (Å²) in [6.45, 7) is 6.31. The monoisotopic (exact) mass is 364 g/mol. The van der Waals surface area contributed by atoms with Crippen LogP contribution in [0.3, 0.4) is 0 Å². The molecule has 0 spiro atoms. The highest BCUT2D eigenvalue weighted by Gasteiger charge is 2.20. The minimum absolute atomic E-state index is 0.695. The summed E-state index contributed by atoms with van der Waals surface area (Å²) in [4.78, 5) is 6.24. The van der Waals surface area contributed by atoms with E-state index in [1.165, 1.54) is 10.5 Å². The first kappa shape index (κ1) is 19.2. The summed E-state index contributed by atoms with van der Waals surface area (Å²) in [6.07, 6.45) is 4.32. The number of unbranched alkanes of at least 4 members (excludes halogenated alkanes) is 1. The molecule has 0 saturated heterocycles. The molecular formula is C22H30N5+. The van der Waals surface area contributed by atoms with E-state index in [0.717, 1.165) is 66.8 Å². The third kappa shape index (κ3) is 3.77. The Morgan fingerprint density at radius 2 is 2.00 bits per heavy atom. The van der Waals surface area contributed by atoms with Crippen molar-refractivity contribution in [3.8, 4) is 6.07 Å². The number of para-hydroxylation sites is 2. The van der Waals surface area contributed by atoms with Crippen molar-refractivity contribution in [2.45, 2.75) is 39.5 Å². The number of anilines is 1. The van der Waals surface area contributed by atoms with Crippen molar-refractivity contribution >= 4 is 22.5 Å². The normalized spacial score (nSPS) is 11.4. The minimum atomic E-state index is 0.695. The number of aromatic nitrogens is 2. The molecule has 2 N–H and O–H groups in total. The largest absolute Gasteiger partial charge is 0.371 e. The minimum Gasteiger partial charge on any atom is -0.371 e. The van der Waals surface area contributed by atoms with Crippen LogP contribution in [-0.4, -0.2) is 36.6 Å². The van der Waals surface area contributed by atoms with Gasteiger partial charge in [0.25, 0.3) is 0 Å². The predicted molar refractivity (Wildman–Crippen MR) is 112 cm³/mol. The van der Waals surface area contributed by atoms with Gasteiger partial charge >= 0.3 is 0 Å². The summed E-state index contributed by atoms with van der Waals surface area (Å²) < 4.78 is 2.16. The van der Waals surface area contributed by atoms with Crippen molar-refractivity contribution < 1.29 is 4.90 Å². The van der Waals surface area contributed by atoms with Crippen molar-refractivity contribution in [3.63, 3.8) is 0 Å². The van der Waals surface area contributed by atoms with E-state index in [1.807, 2.05) is 18.2 Å². The van der Waals surface area contributed by atoms with E-state index in [2.05, 4.69) is 49.8 Å². The Bertz CT molecular complexity index is 978. The van der Waals surface area contributed by atoms with Gasteiger partial charge in [-0.3, -0.25) is 4.40 Å². The average Bonchev–Trinajstić information content (AvgIpc) is 3.03. The van der Waals surface area contributed by atoms with Crippen LogP contribution in [0.4, 0.5) is 5.82 Å². The Labute approximate surface area is 161 Å². The Hall–Kier alpha value is -2.58. The molecule has 0 aliphatic rings. The quantitative estimate of drug-likeness (QED) is 0.604. The molecule has 0 atom stereocenters. The van der Waals surface area contributed by atoms with Crippen molar-refractivity contribution in [2.75, 3.05) is 32.5 Å². The van der Waals surface area contributed by atoms with Gasteiger partial charge in [0.15, 0.2) is 5.65 Å². The van der Waals surface area contributed by atoms with Crippen LogP contribution < -0.4 is 10.2 Å². The van der Waals surface area contributed by atoms with Gasteiger partial charge in [-0.2, -0.15) is 5.26 Å². The molecule has 0 saturated carbocycles. The van der Waals surface area contributed by atoms with Crippen LogP contribution in [0.15, 0.2) is 24.3 Å². The summed E-state index contributed by atoms with van der Waals surface area (Å²) in [5.41, 5.74) is 5.76. The number of pyridine rings is 1. The molecule has 0 aliphatic carbocycles. The lowest BCUT2D eigenvalue weighted by Crippen LogP contribution is -3.05. The van der Waals surface area contributed by atoms with Gasteiger partial charge in [-0.25, -0.2) is 4.98 Å². The van der Waals surface area contributed by atoms with Gasteiger partial charge in [0.2, 0.25) is 0 Å². The maximum atomic E-state index is 9.83. The zero-order valence-electron chi connectivity index (χ0n) is 16.9. The molecule has 0 unspecified atom stereocenters. The van der Waals surface area contributed by atoms with E-state index >= 15 is 0 Å². The first-order valence-electron chi connectivity index (χ1n) is 9.94. The number of nitriles is 1. The van der Waals surface area contributed by atoms with Crippen LogP contribution in [0.2, 0.25) is 0 Å². The molecule has 3 aromatic rings. The number of hydrogen-bond donors (Lipinski definition) is 2. The third-order valence-corrected chi connectivity index (χ3v) is 5.16. The average molecular weight is 365 g/mol. The van der Waals surface area contributed by atoms with Gasteiger partial charge in [0.05, 0.1) is 37.2 Å². The number of nitrogens with zero attached hydrogens (tertiary/aromatic N) is 3. The van der Waals surface area contributed by atoms with Crippen LogP contribution in [-0.2, 0) is 6.42 Å². The van der Waals surface area contributed by atoms with E-state index in [0.29, 0.717) is 5.56 Å². The highest BCUT2D eigenvalue weighted by Crippen LogP contribution is 2.31. The molecule has 3 rings (SSSR count). The summed E-state index contributed by atoms with van der Waals surface area (Å²) in [5.74, 6) is 1.11. The number of nitrogens with one attached hydrogen (secondary N) is 2. The molecule has 2 aromatic heterocycles. The molecule has 5 nitrogen and oxygen atoms in total. The smallest absolute Gasteiger partial charge is 0.157 e. The molecule has 5 heteroatoms. The number of imidazole rings is 1. The fraction of sp³-hybridized carbons (Fsp3) is 0.455. The highest BCUT2D eigenvalue weighted by atomic mass is 15.1. The maximum Gasteiger partial charge on any atom is 0.157 e. The molecule has 1 aromatic carbocycles. The topological polar surface area (TPSA) is 57.6 Å². The van der Waals surface area contributed by atoms with Crippen LogP contribution >= 0.6 is 0 Å². The molecule has 0 amide bonds. The Morgan fingerprint density at radius 3 is 2.70 bits per heavy atom. The van der Waals surface area contributed by atoms with Crippen molar-refractivity contribution in [2.24, 2.45) is 0 Å². The second kappa shape index (κ2) is 8.41. The molecule has 142 valence electrons. The van der Waals surface area contributed by atoms with Gasteiger partial charge in [-0.05, 0) is 43.0 Å². The van der Waals surface area contributed by atoms with Crippen molar-refractivity contribution in [1.82, 2.24) is 9.38 Å². The Kier molecular flexibility index (Phi) is 5.98. The number of fused-ring (bicyclic) bond motifs is 3. The zero-order chi connectivity index (χ0) is 19.4. The van der Waals surface area contributed by atoms with Gasteiger partial charge in [-0.1, -0.05) is 25.5 Å². The fourth-order valence-electron chi connectivity index (χ4n) is 3.68. The summed E-state index contributed by atoms with van der Waals surface area (Å²) >= 11 is 0. The second-order valence-electron chi connectivity index (χ2n) is 7.54. The first-order valence-corrected chi connectivity index (χ1v) is 9.94. The zero-order valence-corrected chi connectivity index (χ0v) is 16.9. The van der Waals surface area contributed by atoms with Crippen LogP contribution in [0, 0.1) is 18.3 Å². The molecule has 27 heavy (non-hydrogen) atoms. The highest BCUT2D eigenvalue weighted by molar-refractivity contribution is 5.86. The van der Waals surface area contributed by atoms with Crippen molar-refractivity contribution in [3.05, 3.63) is 41.0 Å². The van der Waals surface area contributed by atoms with E-state index in [1.54, 1.807) is 0 Å². The first-order chi connectivity index (χ1) is 13.1. The van der Waals surface area contributed by atoms with E-state index < -0.39 is 0 Å². The van der Waals surface area contributed by atoms with Gasteiger partial charge < -0.3 is 10.2 Å². The lowest BCUT2D eigenvalue weighted by atomic mass is 9.99. The number of benzene rings is 1. The molecule has 2 heterocycles. The fourth-order valence-corrected chi connectivity index (χ4v) is 3.68. The SMILES string of the molecule is CCCCc1c(C)c(C#N)c2nc3ccccc3n2c1NCCC[NH+](C)C. The van der Waals surface area contributed by atoms with Crippen molar-refractivity contribution in [1.29, 1.82) is 5.26 Å². The summed E-state index contributed by atoms with van der Waals surface area (Å²) in [5, 5.41) is 13.5. The van der Waals surface area contributed by atoms with Crippen LogP contribution in [0.25, 0.3) is 16.7 Å². The van der Waals surface area contributed by atoms with Crippen LogP contribution in [0.1, 0.15) is 42.9 Å². The van der Waals surface area contributed by atoms with E-state index in [9.17, 15) is 5.26 Å². The Balaban J connectivity index is 2.19. The van der Waals surface area contributed by atoms with Gasteiger partial charge in [0, 0.05) is 13.0 Å². The Morgan fingerprint density at radius 1 is 1.22 bits per heavy atom. The van der Waals surface area contributed by atoms with E-state index in [-0.39, 0.29) is 0 Å². The lowest BCUT2D eigenvalue weighted by molar-refractivity contribution is -0.858. The number of quaternary nitrogens is 1. The van der Waals surface area contributed by atoms with Gasteiger partial charge in [-0.15, -0.1) is 0 Å². The molecule has 0 fully saturated rings. The molecular weight excluding hydrogens is 334 g/mol. The predicted octanol–water partition coefficient (Wildman–Crippen LogP) is 2.96. The summed E-state index contributed by atoms with van der Waals surface area (Å²) in [7, 11) is 4.36. The second-order valence-corrected chi connectivity index (χ2v) is 7.54. The standard InChI is InChI=1S/C22H29N5/c1-5-6-10-17-16(2)18(15-23)22-25-19-11-7-8-12-20(19)27(22)21(17)24-13-9-14-26(3)4/h7-8,11-12,24H,5-6,9-10,13-14H2,1-4H3/p+1. The lowest BCUT2D eigenvalue weighted by Gasteiger charge is -2.19.